The molecule has 5 nitrogen and oxygen atoms in total. The number of para-hydroxylation sites is 1. The van der Waals surface area contributed by atoms with Gasteiger partial charge in [-0.1, -0.05) is 24.3 Å². The van der Waals surface area contributed by atoms with Crippen LogP contribution in [0.25, 0.3) is 6.08 Å². The molecule has 0 spiro atoms. The lowest BCUT2D eigenvalue weighted by Gasteiger charge is -2.12. The summed E-state index contributed by atoms with van der Waals surface area (Å²) in [5.74, 6) is 1.35. The number of likely N-dealkylation sites (N-methyl/N-ethyl adjacent to an activating group) is 1. The van der Waals surface area contributed by atoms with Gasteiger partial charge in [0.15, 0.2) is 16.7 Å². The van der Waals surface area contributed by atoms with Crippen LogP contribution in [0.15, 0.2) is 58.4 Å². The number of thioether (sulfide) groups is 1. The van der Waals surface area contributed by atoms with E-state index in [2.05, 4.69) is 4.99 Å². The minimum absolute atomic E-state index is 0.0333. The number of carbonyl (C=O) groups excluding carboxylic acids is 1. The summed E-state index contributed by atoms with van der Waals surface area (Å²) in [6, 6.07) is 15.4. The lowest BCUT2D eigenvalue weighted by atomic mass is 10.2. The number of amides is 1. The van der Waals surface area contributed by atoms with Crippen LogP contribution in [-0.4, -0.2) is 35.7 Å². The number of ether oxygens (including phenoxy) is 2. The lowest BCUT2D eigenvalue weighted by Crippen LogP contribution is -2.28. The van der Waals surface area contributed by atoms with Gasteiger partial charge in [0.2, 0.25) is 0 Å². The molecule has 0 aromatic heterocycles. The van der Waals surface area contributed by atoms with Crippen molar-refractivity contribution in [3.05, 3.63) is 59.0 Å². The Morgan fingerprint density at radius 1 is 1.00 bits per heavy atom. The summed E-state index contributed by atoms with van der Waals surface area (Å²) >= 11 is 1.39. The Morgan fingerprint density at radius 2 is 1.71 bits per heavy atom. The largest absolute Gasteiger partial charge is 0.490 e. The third-order valence-electron chi connectivity index (χ3n) is 4.05. The van der Waals surface area contributed by atoms with E-state index in [1.165, 1.54) is 11.8 Å². The number of nitrogens with zero attached hydrogens (tertiary/aromatic N) is 2. The maximum Gasteiger partial charge on any atom is 0.266 e. The summed E-state index contributed by atoms with van der Waals surface area (Å²) in [5, 5.41) is 0.695. The zero-order valence-corrected chi connectivity index (χ0v) is 17.2. The molecule has 0 radical (unpaired) electrons. The molecule has 6 heteroatoms. The first-order chi connectivity index (χ1) is 13.7. The number of amidine groups is 1. The molecule has 1 heterocycles. The standard InChI is InChI=1S/C22H24N2O3S/c1-4-24-21(25)20(28-22(24)23-17-10-8-7-9-11-17)15-16-12-13-18(26-5-2)19(14-16)27-6-3/h7-15H,4-6H2,1-3H3/b20-15+,23-22?. The van der Waals surface area contributed by atoms with Crippen LogP contribution < -0.4 is 9.47 Å². The predicted octanol–water partition coefficient (Wildman–Crippen LogP) is 5.11. The van der Waals surface area contributed by atoms with Gasteiger partial charge in [0.1, 0.15) is 0 Å². The molecule has 1 aliphatic rings. The average molecular weight is 397 g/mol. The molecular weight excluding hydrogens is 372 g/mol. The van der Waals surface area contributed by atoms with Crippen molar-refractivity contribution in [2.24, 2.45) is 4.99 Å². The first-order valence-corrected chi connectivity index (χ1v) is 10.2. The summed E-state index contributed by atoms with van der Waals surface area (Å²) in [7, 11) is 0. The van der Waals surface area contributed by atoms with Crippen LogP contribution in [0.4, 0.5) is 5.69 Å². The summed E-state index contributed by atoms with van der Waals surface area (Å²) in [4.78, 5) is 19.8. The third-order valence-corrected chi connectivity index (χ3v) is 5.06. The van der Waals surface area contributed by atoms with E-state index in [9.17, 15) is 4.79 Å². The minimum Gasteiger partial charge on any atom is -0.490 e. The number of carbonyl (C=O) groups is 1. The van der Waals surface area contributed by atoms with Crippen molar-refractivity contribution in [1.82, 2.24) is 4.90 Å². The molecule has 146 valence electrons. The Hall–Kier alpha value is -2.73. The van der Waals surface area contributed by atoms with Gasteiger partial charge in [-0.05, 0) is 68.4 Å². The number of hydrogen-bond acceptors (Lipinski definition) is 5. The predicted molar refractivity (Wildman–Crippen MR) is 115 cm³/mol. The van der Waals surface area contributed by atoms with E-state index < -0.39 is 0 Å². The Kier molecular flexibility index (Phi) is 6.76. The Balaban J connectivity index is 1.90. The first kappa shape index (κ1) is 20.0. The zero-order valence-electron chi connectivity index (χ0n) is 16.3. The van der Waals surface area contributed by atoms with Gasteiger partial charge >= 0.3 is 0 Å². The molecule has 1 aliphatic heterocycles. The molecule has 28 heavy (non-hydrogen) atoms. The Morgan fingerprint density at radius 3 is 2.39 bits per heavy atom. The summed E-state index contributed by atoms with van der Waals surface area (Å²) < 4.78 is 11.3. The monoisotopic (exact) mass is 396 g/mol. The molecule has 0 aliphatic carbocycles. The fraction of sp³-hybridized carbons (Fsp3) is 0.273. The number of aliphatic imine (C=N–C) groups is 1. The molecule has 1 amide bonds. The Labute approximate surface area is 170 Å². The number of rotatable bonds is 7. The summed E-state index contributed by atoms with van der Waals surface area (Å²) in [6.07, 6.45) is 1.88. The van der Waals surface area contributed by atoms with Crippen molar-refractivity contribution in [3.8, 4) is 11.5 Å². The Bertz CT molecular complexity index is 894. The highest BCUT2D eigenvalue weighted by Gasteiger charge is 2.32. The number of hydrogen-bond donors (Lipinski definition) is 0. The maximum absolute atomic E-state index is 12.8. The normalized spacial score (nSPS) is 16.8. The molecule has 0 saturated carbocycles. The van der Waals surface area contributed by atoms with Crippen molar-refractivity contribution in [1.29, 1.82) is 0 Å². The van der Waals surface area contributed by atoms with Gasteiger partial charge in [0.05, 0.1) is 23.8 Å². The van der Waals surface area contributed by atoms with Crippen molar-refractivity contribution in [2.45, 2.75) is 20.8 Å². The van der Waals surface area contributed by atoms with Crippen LogP contribution in [0.5, 0.6) is 11.5 Å². The molecular formula is C22H24N2O3S. The molecule has 2 aromatic rings. The van der Waals surface area contributed by atoms with Crippen LogP contribution >= 0.6 is 11.8 Å². The van der Waals surface area contributed by atoms with E-state index in [4.69, 9.17) is 9.47 Å². The fourth-order valence-corrected chi connectivity index (χ4v) is 3.85. The van der Waals surface area contributed by atoms with E-state index >= 15 is 0 Å². The highest BCUT2D eigenvalue weighted by molar-refractivity contribution is 8.18. The summed E-state index contributed by atoms with van der Waals surface area (Å²) in [6.45, 7) is 7.51. The van der Waals surface area contributed by atoms with E-state index in [1.54, 1.807) is 4.90 Å². The van der Waals surface area contributed by atoms with Gasteiger partial charge in [0.25, 0.3) is 5.91 Å². The van der Waals surface area contributed by atoms with Crippen LogP contribution in [0.2, 0.25) is 0 Å². The maximum atomic E-state index is 12.8. The van der Waals surface area contributed by atoms with E-state index in [-0.39, 0.29) is 5.91 Å². The minimum atomic E-state index is -0.0333. The second kappa shape index (κ2) is 9.46. The van der Waals surface area contributed by atoms with Crippen molar-refractivity contribution >= 4 is 34.6 Å². The van der Waals surface area contributed by atoms with Crippen LogP contribution in [0.3, 0.4) is 0 Å². The van der Waals surface area contributed by atoms with Crippen LogP contribution in [0.1, 0.15) is 26.3 Å². The van der Waals surface area contributed by atoms with Gasteiger partial charge in [-0.3, -0.25) is 9.69 Å². The SMILES string of the molecule is CCOc1ccc(/C=C2/SC(=Nc3ccccc3)N(CC)C2=O)cc1OCC. The quantitative estimate of drug-likeness (QED) is 0.611. The average Bonchev–Trinajstić information content (AvgIpc) is 2.99. The van der Waals surface area contributed by atoms with Crippen LogP contribution in [0, 0.1) is 0 Å². The van der Waals surface area contributed by atoms with Gasteiger partial charge in [0, 0.05) is 6.54 Å². The topological polar surface area (TPSA) is 51.1 Å². The van der Waals surface area contributed by atoms with E-state index in [0.29, 0.717) is 41.3 Å². The molecule has 3 rings (SSSR count). The summed E-state index contributed by atoms with van der Waals surface area (Å²) in [5.41, 5.74) is 1.72. The van der Waals surface area contributed by atoms with E-state index in [1.807, 2.05) is 75.4 Å². The first-order valence-electron chi connectivity index (χ1n) is 9.41. The smallest absolute Gasteiger partial charge is 0.266 e. The van der Waals surface area contributed by atoms with Gasteiger partial charge in [-0.25, -0.2) is 4.99 Å². The zero-order chi connectivity index (χ0) is 19.9. The molecule has 0 unspecified atom stereocenters. The van der Waals surface area contributed by atoms with Gasteiger partial charge < -0.3 is 9.47 Å². The highest BCUT2D eigenvalue weighted by atomic mass is 32.2. The van der Waals surface area contributed by atoms with Crippen molar-refractivity contribution < 1.29 is 14.3 Å². The highest BCUT2D eigenvalue weighted by Crippen LogP contribution is 2.35. The molecule has 2 aromatic carbocycles. The van der Waals surface area contributed by atoms with Crippen molar-refractivity contribution in [3.63, 3.8) is 0 Å². The molecule has 0 bridgehead atoms. The molecule has 0 atom stereocenters. The molecule has 0 N–H and O–H groups in total. The van der Waals surface area contributed by atoms with Crippen molar-refractivity contribution in [2.75, 3.05) is 19.8 Å². The van der Waals surface area contributed by atoms with Gasteiger partial charge in [-0.2, -0.15) is 0 Å². The second-order valence-electron chi connectivity index (χ2n) is 5.96. The molecule has 1 saturated heterocycles. The molecule has 1 fully saturated rings. The lowest BCUT2D eigenvalue weighted by molar-refractivity contribution is -0.122. The second-order valence-corrected chi connectivity index (χ2v) is 6.97. The van der Waals surface area contributed by atoms with Crippen LogP contribution in [-0.2, 0) is 4.79 Å². The van der Waals surface area contributed by atoms with E-state index in [0.717, 1.165) is 11.3 Å². The van der Waals surface area contributed by atoms with Gasteiger partial charge in [-0.15, -0.1) is 0 Å². The fourth-order valence-electron chi connectivity index (χ4n) is 2.79. The third kappa shape index (κ3) is 4.57. The number of benzene rings is 2.